The molecule has 2 N–H and O–H groups in total. The maximum Gasteiger partial charge on any atom is 0.236 e. The van der Waals surface area contributed by atoms with Crippen LogP contribution < -0.4 is 10.6 Å². The van der Waals surface area contributed by atoms with Gasteiger partial charge in [-0.15, -0.1) is 0 Å². The van der Waals surface area contributed by atoms with Crippen LogP contribution in [-0.2, 0) is 9.53 Å². The highest BCUT2D eigenvalue weighted by Gasteiger charge is 2.30. The van der Waals surface area contributed by atoms with E-state index in [0.29, 0.717) is 18.1 Å². The molecular weight excluding hydrogens is 204 g/mol. The summed E-state index contributed by atoms with van der Waals surface area (Å²) < 4.78 is 5.20. The Morgan fingerprint density at radius 2 is 2.00 bits per heavy atom. The first kappa shape index (κ1) is 13.5. The lowest BCUT2D eigenvalue weighted by atomic mass is 9.88. The Morgan fingerprint density at radius 1 is 1.38 bits per heavy atom. The van der Waals surface area contributed by atoms with Gasteiger partial charge in [-0.3, -0.25) is 4.79 Å². The zero-order chi connectivity index (χ0) is 12.1. The molecule has 1 rings (SSSR count). The van der Waals surface area contributed by atoms with Gasteiger partial charge in [0.15, 0.2) is 0 Å². The van der Waals surface area contributed by atoms with Gasteiger partial charge >= 0.3 is 0 Å². The van der Waals surface area contributed by atoms with Crippen molar-refractivity contribution >= 4 is 5.91 Å². The number of rotatable bonds is 6. The normalized spacial score (nSPS) is 26.3. The molecular formula is C12H24N2O2. The summed E-state index contributed by atoms with van der Waals surface area (Å²) in [6.45, 7) is 6.84. The zero-order valence-corrected chi connectivity index (χ0v) is 10.7. The smallest absolute Gasteiger partial charge is 0.236 e. The summed E-state index contributed by atoms with van der Waals surface area (Å²) >= 11 is 0. The van der Waals surface area contributed by atoms with E-state index < -0.39 is 0 Å². The highest BCUT2D eigenvalue weighted by Crippen LogP contribution is 2.22. The molecule has 0 bridgehead atoms. The molecule has 1 fully saturated rings. The minimum Gasteiger partial charge on any atom is -0.381 e. The highest BCUT2D eigenvalue weighted by atomic mass is 16.5. The van der Waals surface area contributed by atoms with Crippen LogP contribution in [0, 0.1) is 5.92 Å². The van der Waals surface area contributed by atoms with Crippen LogP contribution >= 0.6 is 0 Å². The molecule has 1 amide bonds. The Balaban J connectivity index is 2.15. The van der Waals surface area contributed by atoms with Gasteiger partial charge in [-0.05, 0) is 25.7 Å². The Kier molecular flexibility index (Phi) is 5.22. The lowest BCUT2D eigenvalue weighted by Crippen LogP contribution is -2.53. The maximum absolute atomic E-state index is 11.7. The summed E-state index contributed by atoms with van der Waals surface area (Å²) in [6, 6.07) is 0.325. The van der Waals surface area contributed by atoms with Gasteiger partial charge in [0.25, 0.3) is 0 Å². The minimum absolute atomic E-state index is 0.0922. The summed E-state index contributed by atoms with van der Waals surface area (Å²) in [5.74, 6) is 0.590. The molecule has 0 aromatic carbocycles. The van der Waals surface area contributed by atoms with Crippen LogP contribution in [0.2, 0.25) is 0 Å². The van der Waals surface area contributed by atoms with E-state index >= 15 is 0 Å². The van der Waals surface area contributed by atoms with E-state index in [2.05, 4.69) is 24.5 Å². The minimum atomic E-state index is -0.110. The standard InChI is InChI=1S/C12H24N2O2/c1-8(2)7-13-12(15)9(3)14-10-5-11(6-10)16-4/h8-11,14H,5-7H2,1-4H3,(H,13,15). The topological polar surface area (TPSA) is 50.4 Å². The summed E-state index contributed by atoms with van der Waals surface area (Å²) in [5, 5.41) is 6.24. The van der Waals surface area contributed by atoms with Crippen molar-refractivity contribution in [2.45, 2.75) is 51.8 Å². The Hall–Kier alpha value is -0.610. The maximum atomic E-state index is 11.7. The fourth-order valence-electron chi connectivity index (χ4n) is 1.78. The number of hydrogen-bond acceptors (Lipinski definition) is 3. The largest absolute Gasteiger partial charge is 0.381 e. The van der Waals surface area contributed by atoms with Gasteiger partial charge in [0.2, 0.25) is 5.91 Å². The number of methoxy groups -OCH3 is 1. The summed E-state index contributed by atoms with van der Waals surface area (Å²) in [7, 11) is 1.74. The van der Waals surface area contributed by atoms with Gasteiger partial charge in [-0.1, -0.05) is 13.8 Å². The van der Waals surface area contributed by atoms with Gasteiger partial charge in [0, 0.05) is 19.7 Å². The van der Waals surface area contributed by atoms with Gasteiger partial charge in [-0.25, -0.2) is 0 Å². The van der Waals surface area contributed by atoms with Crippen molar-refractivity contribution in [1.29, 1.82) is 0 Å². The van der Waals surface area contributed by atoms with Crippen LogP contribution in [0.25, 0.3) is 0 Å². The molecule has 0 heterocycles. The van der Waals surface area contributed by atoms with E-state index in [-0.39, 0.29) is 11.9 Å². The molecule has 16 heavy (non-hydrogen) atoms. The fraction of sp³-hybridized carbons (Fsp3) is 0.917. The molecule has 0 saturated heterocycles. The Labute approximate surface area is 98.1 Å². The van der Waals surface area contributed by atoms with Crippen LogP contribution in [0.5, 0.6) is 0 Å². The lowest BCUT2D eigenvalue weighted by Gasteiger charge is -2.36. The van der Waals surface area contributed by atoms with Crippen molar-refractivity contribution in [1.82, 2.24) is 10.6 Å². The van der Waals surface area contributed by atoms with Crippen molar-refractivity contribution in [3.05, 3.63) is 0 Å². The summed E-state index contributed by atoms with van der Waals surface area (Å²) in [4.78, 5) is 11.7. The monoisotopic (exact) mass is 228 g/mol. The molecule has 4 nitrogen and oxygen atoms in total. The molecule has 1 atom stereocenters. The predicted octanol–water partition coefficient (Wildman–Crippen LogP) is 0.914. The third-order valence-corrected chi connectivity index (χ3v) is 2.99. The average molecular weight is 228 g/mol. The van der Waals surface area contributed by atoms with Crippen molar-refractivity contribution in [2.24, 2.45) is 5.92 Å². The molecule has 94 valence electrons. The quantitative estimate of drug-likeness (QED) is 0.710. The van der Waals surface area contributed by atoms with Crippen LogP contribution in [0.3, 0.4) is 0 Å². The summed E-state index contributed by atoms with van der Waals surface area (Å²) in [5.41, 5.74) is 0. The van der Waals surface area contributed by atoms with Crippen molar-refractivity contribution < 1.29 is 9.53 Å². The second kappa shape index (κ2) is 6.21. The number of amides is 1. The first-order chi connectivity index (χ1) is 7.52. The number of ether oxygens (including phenoxy) is 1. The molecule has 1 aliphatic rings. The fourth-order valence-corrected chi connectivity index (χ4v) is 1.78. The van der Waals surface area contributed by atoms with E-state index in [4.69, 9.17) is 4.74 Å². The molecule has 1 saturated carbocycles. The van der Waals surface area contributed by atoms with E-state index in [1.807, 2.05) is 6.92 Å². The van der Waals surface area contributed by atoms with Crippen LogP contribution in [0.1, 0.15) is 33.6 Å². The van der Waals surface area contributed by atoms with Crippen LogP contribution in [0.4, 0.5) is 0 Å². The van der Waals surface area contributed by atoms with E-state index in [0.717, 1.165) is 19.4 Å². The van der Waals surface area contributed by atoms with E-state index in [9.17, 15) is 4.79 Å². The van der Waals surface area contributed by atoms with Crippen molar-refractivity contribution in [3.63, 3.8) is 0 Å². The molecule has 0 aromatic heterocycles. The van der Waals surface area contributed by atoms with Crippen LogP contribution in [-0.4, -0.2) is 37.7 Å². The van der Waals surface area contributed by atoms with Crippen molar-refractivity contribution in [3.8, 4) is 0 Å². The second-order valence-corrected chi connectivity index (χ2v) is 5.05. The number of carbonyl (C=O) groups is 1. The second-order valence-electron chi connectivity index (χ2n) is 5.05. The van der Waals surface area contributed by atoms with Crippen molar-refractivity contribution in [2.75, 3.05) is 13.7 Å². The molecule has 1 aliphatic carbocycles. The lowest BCUT2D eigenvalue weighted by molar-refractivity contribution is -0.123. The van der Waals surface area contributed by atoms with Crippen LogP contribution in [0.15, 0.2) is 0 Å². The molecule has 0 aliphatic heterocycles. The Bertz CT molecular complexity index is 225. The zero-order valence-electron chi connectivity index (χ0n) is 10.7. The molecule has 1 unspecified atom stereocenters. The first-order valence-corrected chi connectivity index (χ1v) is 6.09. The number of nitrogens with one attached hydrogen (secondary N) is 2. The summed E-state index contributed by atoms with van der Waals surface area (Å²) in [6.07, 6.45) is 2.40. The molecule has 0 aromatic rings. The molecule has 0 spiro atoms. The molecule has 4 heteroatoms. The van der Waals surface area contributed by atoms with Gasteiger partial charge in [-0.2, -0.15) is 0 Å². The van der Waals surface area contributed by atoms with Gasteiger partial charge in [0.05, 0.1) is 12.1 Å². The Morgan fingerprint density at radius 3 is 2.50 bits per heavy atom. The predicted molar refractivity (Wildman–Crippen MR) is 64.3 cm³/mol. The highest BCUT2D eigenvalue weighted by molar-refractivity contribution is 5.81. The average Bonchev–Trinajstić information content (AvgIpc) is 2.18. The molecule has 0 radical (unpaired) electrons. The van der Waals surface area contributed by atoms with E-state index in [1.165, 1.54) is 0 Å². The van der Waals surface area contributed by atoms with Gasteiger partial charge < -0.3 is 15.4 Å². The first-order valence-electron chi connectivity index (χ1n) is 6.09. The van der Waals surface area contributed by atoms with Gasteiger partial charge in [0.1, 0.15) is 0 Å². The third kappa shape index (κ3) is 4.10. The SMILES string of the molecule is COC1CC(NC(C)C(=O)NCC(C)C)C1. The third-order valence-electron chi connectivity index (χ3n) is 2.99. The number of hydrogen-bond donors (Lipinski definition) is 2. The van der Waals surface area contributed by atoms with E-state index in [1.54, 1.807) is 7.11 Å². The number of carbonyl (C=O) groups excluding carboxylic acids is 1.